The van der Waals surface area contributed by atoms with Crippen LogP contribution in [0.15, 0.2) is 39.3 Å². The molecule has 3 N–H and O–H groups in total. The molecule has 0 fully saturated rings. The van der Waals surface area contributed by atoms with Crippen molar-refractivity contribution in [3.05, 3.63) is 41.1 Å². The predicted molar refractivity (Wildman–Crippen MR) is 85.1 cm³/mol. The molecule has 112 valence electrons. The Hall–Kier alpha value is -1.95. The molecule has 0 bridgehead atoms. The second-order valence-corrected chi connectivity index (χ2v) is 6.26. The summed E-state index contributed by atoms with van der Waals surface area (Å²) in [5, 5.41) is 17.2. The first-order valence-electron chi connectivity index (χ1n) is 6.73. The zero-order chi connectivity index (χ0) is 15.6. The van der Waals surface area contributed by atoms with Gasteiger partial charge in [-0.25, -0.2) is 0 Å². The molecule has 2 aromatic rings. The third-order valence-electron chi connectivity index (χ3n) is 3.29. The molecule has 0 spiro atoms. The number of aromatic nitrogens is 2. The summed E-state index contributed by atoms with van der Waals surface area (Å²) in [6, 6.07) is 8.41. The highest BCUT2D eigenvalue weighted by molar-refractivity contribution is 7.99. The van der Waals surface area contributed by atoms with E-state index in [0.29, 0.717) is 11.5 Å². The van der Waals surface area contributed by atoms with Crippen LogP contribution in [0.4, 0.5) is 0 Å². The first-order valence-corrected chi connectivity index (χ1v) is 7.55. The summed E-state index contributed by atoms with van der Waals surface area (Å²) in [5.41, 5.74) is 8.49. The lowest BCUT2D eigenvalue weighted by molar-refractivity contribution is 0.318. The van der Waals surface area contributed by atoms with Gasteiger partial charge < -0.3 is 10.9 Å². The van der Waals surface area contributed by atoms with Crippen LogP contribution in [0.25, 0.3) is 0 Å². The van der Waals surface area contributed by atoms with Crippen molar-refractivity contribution in [3.63, 3.8) is 0 Å². The van der Waals surface area contributed by atoms with E-state index in [9.17, 15) is 0 Å². The summed E-state index contributed by atoms with van der Waals surface area (Å²) >= 11 is 1.55. The number of nitrogens with two attached hydrogens (primary N) is 1. The van der Waals surface area contributed by atoms with Gasteiger partial charge in [-0.3, -0.25) is 4.68 Å². The van der Waals surface area contributed by atoms with E-state index in [-0.39, 0.29) is 5.84 Å². The van der Waals surface area contributed by atoms with Gasteiger partial charge in [-0.15, -0.1) is 0 Å². The van der Waals surface area contributed by atoms with Crippen molar-refractivity contribution >= 4 is 17.6 Å². The molecule has 0 amide bonds. The van der Waals surface area contributed by atoms with E-state index in [1.54, 1.807) is 16.4 Å². The van der Waals surface area contributed by atoms with Crippen LogP contribution in [-0.2, 0) is 7.05 Å². The van der Waals surface area contributed by atoms with E-state index >= 15 is 0 Å². The number of benzene rings is 1. The summed E-state index contributed by atoms with van der Waals surface area (Å²) < 4.78 is 1.75. The highest BCUT2D eigenvalue weighted by Gasteiger charge is 2.18. The Bertz CT molecular complexity index is 659. The zero-order valence-corrected chi connectivity index (χ0v) is 13.5. The first kappa shape index (κ1) is 15.4. The molecule has 2 rings (SSSR count). The van der Waals surface area contributed by atoms with Crippen molar-refractivity contribution in [3.8, 4) is 0 Å². The van der Waals surface area contributed by atoms with E-state index in [0.717, 1.165) is 15.6 Å². The number of nitrogens with zero attached hydrogens (tertiary/aromatic N) is 3. The van der Waals surface area contributed by atoms with Gasteiger partial charge in [0.2, 0.25) is 0 Å². The number of amidine groups is 1. The molecular formula is C15H20N4OS. The molecule has 0 saturated heterocycles. The van der Waals surface area contributed by atoms with Gasteiger partial charge in [0.25, 0.3) is 0 Å². The van der Waals surface area contributed by atoms with Crippen LogP contribution in [0.1, 0.15) is 36.6 Å². The van der Waals surface area contributed by atoms with Crippen LogP contribution in [0.5, 0.6) is 0 Å². The highest BCUT2D eigenvalue weighted by atomic mass is 32.2. The summed E-state index contributed by atoms with van der Waals surface area (Å²) in [6.45, 7) is 6.19. The molecule has 21 heavy (non-hydrogen) atoms. The molecule has 6 heteroatoms. The smallest absolute Gasteiger partial charge is 0.174 e. The Morgan fingerprint density at radius 3 is 2.48 bits per heavy atom. The van der Waals surface area contributed by atoms with Crippen molar-refractivity contribution in [1.29, 1.82) is 0 Å². The molecule has 1 aromatic carbocycles. The van der Waals surface area contributed by atoms with Gasteiger partial charge in [-0.1, -0.05) is 42.9 Å². The van der Waals surface area contributed by atoms with E-state index < -0.39 is 0 Å². The Balaban J connectivity index is 2.35. The molecule has 0 aliphatic rings. The topological polar surface area (TPSA) is 76.4 Å². The molecular weight excluding hydrogens is 284 g/mol. The molecule has 0 atom stereocenters. The predicted octanol–water partition coefficient (Wildman–Crippen LogP) is 3.10. The number of hydrogen-bond acceptors (Lipinski definition) is 4. The van der Waals surface area contributed by atoms with Crippen molar-refractivity contribution < 1.29 is 5.21 Å². The Morgan fingerprint density at radius 1 is 1.33 bits per heavy atom. The van der Waals surface area contributed by atoms with Gasteiger partial charge in [0.05, 0.1) is 11.3 Å². The van der Waals surface area contributed by atoms with E-state index in [2.05, 4.69) is 48.4 Å². The summed E-state index contributed by atoms with van der Waals surface area (Å²) in [6.07, 6.45) is 0. The molecule has 0 unspecified atom stereocenters. The van der Waals surface area contributed by atoms with Gasteiger partial charge in [-0.2, -0.15) is 5.10 Å². The molecule has 1 heterocycles. The van der Waals surface area contributed by atoms with Gasteiger partial charge in [0, 0.05) is 11.9 Å². The second kappa shape index (κ2) is 6.22. The van der Waals surface area contributed by atoms with Crippen LogP contribution < -0.4 is 5.73 Å². The van der Waals surface area contributed by atoms with Crippen molar-refractivity contribution in [2.45, 2.75) is 36.6 Å². The second-order valence-electron chi connectivity index (χ2n) is 5.20. The van der Waals surface area contributed by atoms with E-state index in [1.807, 2.05) is 14.0 Å². The summed E-state index contributed by atoms with van der Waals surface area (Å²) in [4.78, 5) is 1.09. The van der Waals surface area contributed by atoms with Gasteiger partial charge in [0.1, 0.15) is 5.03 Å². The summed E-state index contributed by atoms with van der Waals surface area (Å²) in [5.74, 6) is 0.595. The fourth-order valence-electron chi connectivity index (χ4n) is 2.13. The quantitative estimate of drug-likeness (QED) is 0.394. The minimum Gasteiger partial charge on any atom is -0.409 e. The monoisotopic (exact) mass is 304 g/mol. The van der Waals surface area contributed by atoms with Crippen molar-refractivity contribution in [2.24, 2.45) is 17.9 Å². The van der Waals surface area contributed by atoms with Crippen LogP contribution in [0.3, 0.4) is 0 Å². The number of rotatable bonds is 4. The molecule has 0 radical (unpaired) electrons. The molecule has 5 nitrogen and oxygen atoms in total. The lowest BCUT2D eigenvalue weighted by Crippen LogP contribution is -2.14. The Kier molecular flexibility index (Phi) is 4.57. The highest BCUT2D eigenvalue weighted by Crippen LogP contribution is 2.32. The third kappa shape index (κ3) is 3.21. The van der Waals surface area contributed by atoms with Gasteiger partial charge >= 0.3 is 0 Å². The van der Waals surface area contributed by atoms with Crippen molar-refractivity contribution in [1.82, 2.24) is 9.78 Å². The van der Waals surface area contributed by atoms with Gasteiger partial charge in [0.15, 0.2) is 5.84 Å². The van der Waals surface area contributed by atoms with Crippen LogP contribution >= 0.6 is 11.8 Å². The Labute approximate surface area is 128 Å². The zero-order valence-electron chi connectivity index (χ0n) is 12.7. The lowest BCUT2D eigenvalue weighted by Gasteiger charge is -2.08. The number of oxime groups is 1. The fourth-order valence-corrected chi connectivity index (χ4v) is 3.15. The van der Waals surface area contributed by atoms with Crippen LogP contribution in [0, 0.1) is 6.92 Å². The summed E-state index contributed by atoms with van der Waals surface area (Å²) in [7, 11) is 1.85. The first-order chi connectivity index (χ1) is 9.93. The minimum atomic E-state index is 0.0851. The average molecular weight is 304 g/mol. The van der Waals surface area contributed by atoms with Gasteiger partial charge in [-0.05, 0) is 30.5 Å². The fraction of sp³-hybridized carbons (Fsp3) is 0.333. The molecule has 0 saturated carbocycles. The lowest BCUT2D eigenvalue weighted by atomic mass is 10.0. The average Bonchev–Trinajstić information content (AvgIpc) is 2.73. The molecule has 0 aliphatic heterocycles. The third-order valence-corrected chi connectivity index (χ3v) is 4.46. The van der Waals surface area contributed by atoms with E-state index in [1.165, 1.54) is 5.56 Å². The molecule has 0 aliphatic carbocycles. The van der Waals surface area contributed by atoms with Crippen molar-refractivity contribution in [2.75, 3.05) is 0 Å². The maximum atomic E-state index is 8.93. The number of aryl methyl sites for hydroxylation is 2. The SMILES string of the molecule is Cc1nn(C)c(Sc2ccc(C(C)C)cc2)c1C(N)=NO. The maximum Gasteiger partial charge on any atom is 0.174 e. The maximum absolute atomic E-state index is 8.93. The number of hydrogen-bond donors (Lipinski definition) is 2. The Morgan fingerprint density at radius 2 is 1.95 bits per heavy atom. The van der Waals surface area contributed by atoms with Crippen LogP contribution in [-0.4, -0.2) is 20.8 Å². The normalized spacial score (nSPS) is 12.1. The standard InChI is InChI=1S/C15H20N4OS/c1-9(2)11-5-7-12(8-6-11)21-15-13(14(16)18-20)10(3)17-19(15)4/h5-9,20H,1-4H3,(H2,16,18). The molecule has 1 aromatic heterocycles. The minimum absolute atomic E-state index is 0.0851. The van der Waals surface area contributed by atoms with Crippen LogP contribution in [0.2, 0.25) is 0 Å². The van der Waals surface area contributed by atoms with E-state index in [4.69, 9.17) is 10.9 Å². The largest absolute Gasteiger partial charge is 0.409 e.